The lowest BCUT2D eigenvalue weighted by Gasteiger charge is -2.06. The molecule has 0 spiro atoms. The molecule has 0 atom stereocenters. The van der Waals surface area contributed by atoms with E-state index in [2.05, 4.69) is 15.3 Å². The zero-order valence-corrected chi connectivity index (χ0v) is 14.6. The molecule has 0 fully saturated rings. The van der Waals surface area contributed by atoms with Crippen molar-refractivity contribution in [1.82, 2.24) is 0 Å². The minimum absolute atomic E-state index is 0.213. The monoisotopic (exact) mass is 352 g/mol. The summed E-state index contributed by atoms with van der Waals surface area (Å²) in [5, 5.41) is 6.49. The fraction of sp³-hybridized carbons (Fsp3) is 0.150. The number of hydrogen-bond donors (Lipinski definition) is 1. The van der Waals surface area contributed by atoms with Gasteiger partial charge in [-0.2, -0.15) is 0 Å². The van der Waals surface area contributed by atoms with Crippen LogP contribution in [0.15, 0.2) is 59.8 Å². The van der Waals surface area contributed by atoms with Gasteiger partial charge in [-0.05, 0) is 48.4 Å². The highest BCUT2D eigenvalue weighted by Crippen LogP contribution is 2.13. The predicted octanol–water partition coefficient (Wildman–Crippen LogP) is 3.50. The molecule has 6 nitrogen and oxygen atoms in total. The van der Waals surface area contributed by atoms with Gasteiger partial charge in [0.1, 0.15) is 7.11 Å². The van der Waals surface area contributed by atoms with E-state index >= 15 is 0 Å². The number of oxime groups is 1. The number of nitrogens with one attached hydrogen (secondary N) is 1. The number of esters is 1. The second-order valence-electron chi connectivity index (χ2n) is 5.20. The summed E-state index contributed by atoms with van der Waals surface area (Å²) in [5.74, 6) is -0.598. The van der Waals surface area contributed by atoms with Crippen molar-refractivity contribution in [3.63, 3.8) is 0 Å². The molecule has 0 radical (unpaired) electrons. The number of hydrogen-bond acceptors (Lipinski definition) is 5. The van der Waals surface area contributed by atoms with Gasteiger partial charge in [0.05, 0.1) is 12.8 Å². The molecule has 0 heterocycles. The molecule has 0 saturated carbocycles. The summed E-state index contributed by atoms with van der Waals surface area (Å²) in [7, 11) is 1.47. The summed E-state index contributed by atoms with van der Waals surface area (Å²) in [4.78, 5) is 28.2. The smallest absolute Gasteiger partial charge is 0.330 e. The SMILES string of the molecule is CCOC(=O)/C=C/c1ccc(NC(=O)c2ccc(/C=N/OC)cc2)cc1. The maximum Gasteiger partial charge on any atom is 0.330 e. The largest absolute Gasteiger partial charge is 0.463 e. The molecular formula is C20H20N2O4. The van der Waals surface area contributed by atoms with Crippen molar-refractivity contribution >= 4 is 29.9 Å². The maximum atomic E-state index is 12.3. The molecule has 2 aromatic rings. The van der Waals surface area contributed by atoms with E-state index in [4.69, 9.17) is 4.74 Å². The molecule has 2 rings (SSSR count). The van der Waals surface area contributed by atoms with Crippen molar-refractivity contribution in [1.29, 1.82) is 0 Å². The van der Waals surface area contributed by atoms with Crippen molar-refractivity contribution in [2.24, 2.45) is 5.16 Å². The predicted molar refractivity (Wildman–Crippen MR) is 101 cm³/mol. The van der Waals surface area contributed by atoms with Crippen LogP contribution in [0.3, 0.4) is 0 Å². The van der Waals surface area contributed by atoms with Crippen LogP contribution in [0, 0.1) is 0 Å². The van der Waals surface area contributed by atoms with E-state index in [1.165, 1.54) is 13.2 Å². The van der Waals surface area contributed by atoms with Gasteiger partial charge in [-0.3, -0.25) is 4.79 Å². The number of rotatable bonds is 7. The third-order valence-electron chi connectivity index (χ3n) is 3.35. The summed E-state index contributed by atoms with van der Waals surface area (Å²) < 4.78 is 4.82. The number of ether oxygens (including phenoxy) is 1. The van der Waals surface area contributed by atoms with Gasteiger partial charge in [-0.25, -0.2) is 4.79 Å². The third-order valence-corrected chi connectivity index (χ3v) is 3.35. The molecule has 0 unspecified atom stereocenters. The van der Waals surface area contributed by atoms with Crippen LogP contribution in [-0.2, 0) is 14.4 Å². The molecule has 6 heteroatoms. The van der Waals surface area contributed by atoms with Crippen molar-refractivity contribution in [3.8, 4) is 0 Å². The maximum absolute atomic E-state index is 12.3. The Hall–Kier alpha value is -3.41. The van der Waals surface area contributed by atoms with Crippen LogP contribution in [0.25, 0.3) is 6.08 Å². The number of carbonyl (C=O) groups is 2. The summed E-state index contributed by atoms with van der Waals surface area (Å²) in [6, 6.07) is 14.1. The number of anilines is 1. The minimum atomic E-state index is -0.385. The summed E-state index contributed by atoms with van der Waals surface area (Å²) in [6.07, 6.45) is 4.58. The van der Waals surface area contributed by atoms with E-state index in [0.29, 0.717) is 17.9 Å². The first-order valence-corrected chi connectivity index (χ1v) is 8.05. The van der Waals surface area contributed by atoms with Crippen molar-refractivity contribution in [2.75, 3.05) is 19.0 Å². The van der Waals surface area contributed by atoms with E-state index < -0.39 is 0 Å². The highest BCUT2D eigenvalue weighted by molar-refractivity contribution is 6.04. The second-order valence-corrected chi connectivity index (χ2v) is 5.20. The zero-order valence-electron chi connectivity index (χ0n) is 14.6. The minimum Gasteiger partial charge on any atom is -0.463 e. The van der Waals surface area contributed by atoms with Crippen LogP contribution in [0.2, 0.25) is 0 Å². The molecule has 0 aliphatic carbocycles. The highest BCUT2D eigenvalue weighted by Gasteiger charge is 2.05. The molecule has 134 valence electrons. The van der Waals surface area contributed by atoms with Crippen LogP contribution in [0.5, 0.6) is 0 Å². The Labute approximate surface area is 152 Å². The zero-order chi connectivity index (χ0) is 18.8. The molecule has 0 bridgehead atoms. The van der Waals surface area contributed by atoms with Gasteiger partial charge in [0.15, 0.2) is 0 Å². The van der Waals surface area contributed by atoms with Gasteiger partial charge in [0.25, 0.3) is 5.91 Å². The molecule has 0 aliphatic heterocycles. The second kappa shape index (κ2) is 9.78. The van der Waals surface area contributed by atoms with Crippen LogP contribution in [0.4, 0.5) is 5.69 Å². The van der Waals surface area contributed by atoms with Crippen LogP contribution < -0.4 is 5.32 Å². The molecule has 0 aromatic heterocycles. The van der Waals surface area contributed by atoms with Crippen molar-refractivity contribution in [2.45, 2.75) is 6.92 Å². The summed E-state index contributed by atoms with van der Waals surface area (Å²) in [6.45, 7) is 2.10. The summed E-state index contributed by atoms with van der Waals surface area (Å²) >= 11 is 0. The number of amides is 1. The van der Waals surface area contributed by atoms with E-state index in [1.807, 2.05) is 0 Å². The fourth-order valence-corrected chi connectivity index (χ4v) is 2.07. The van der Waals surface area contributed by atoms with E-state index in [1.54, 1.807) is 67.7 Å². The fourth-order valence-electron chi connectivity index (χ4n) is 2.07. The van der Waals surface area contributed by atoms with Gasteiger partial charge in [-0.15, -0.1) is 0 Å². The molecule has 1 N–H and O–H groups in total. The Balaban J connectivity index is 1.96. The highest BCUT2D eigenvalue weighted by atomic mass is 16.6. The Bertz CT molecular complexity index is 794. The Morgan fingerprint density at radius 1 is 1.04 bits per heavy atom. The van der Waals surface area contributed by atoms with Crippen molar-refractivity contribution in [3.05, 3.63) is 71.3 Å². The van der Waals surface area contributed by atoms with Crippen LogP contribution in [-0.4, -0.2) is 31.8 Å². The van der Waals surface area contributed by atoms with Gasteiger partial charge in [-0.1, -0.05) is 29.4 Å². The Morgan fingerprint density at radius 2 is 1.69 bits per heavy atom. The molecule has 1 amide bonds. The molecule has 0 aliphatic rings. The van der Waals surface area contributed by atoms with Gasteiger partial charge in [0.2, 0.25) is 0 Å². The normalized spacial score (nSPS) is 10.8. The van der Waals surface area contributed by atoms with Crippen LogP contribution >= 0.6 is 0 Å². The van der Waals surface area contributed by atoms with Gasteiger partial charge < -0.3 is 14.9 Å². The Morgan fingerprint density at radius 3 is 2.31 bits per heavy atom. The Kier molecular flexibility index (Phi) is 7.12. The van der Waals surface area contributed by atoms with E-state index in [9.17, 15) is 9.59 Å². The first-order chi connectivity index (χ1) is 12.6. The van der Waals surface area contributed by atoms with Crippen molar-refractivity contribution < 1.29 is 19.2 Å². The number of carbonyl (C=O) groups excluding carboxylic acids is 2. The number of benzene rings is 2. The first kappa shape index (κ1) is 18.9. The standard InChI is InChI=1S/C20H20N2O4/c1-3-26-19(23)13-8-15-6-11-18(12-7-15)22-20(24)17-9-4-16(5-10-17)14-21-25-2/h4-14H,3H2,1-2H3,(H,22,24)/b13-8+,21-14+. The topological polar surface area (TPSA) is 77.0 Å². The third kappa shape index (κ3) is 5.90. The quantitative estimate of drug-likeness (QED) is 0.358. The van der Waals surface area contributed by atoms with E-state index in [0.717, 1.165) is 11.1 Å². The van der Waals surface area contributed by atoms with Gasteiger partial charge in [0, 0.05) is 17.3 Å². The lowest BCUT2D eigenvalue weighted by atomic mass is 10.1. The lowest BCUT2D eigenvalue weighted by molar-refractivity contribution is -0.137. The van der Waals surface area contributed by atoms with Crippen LogP contribution in [0.1, 0.15) is 28.4 Å². The van der Waals surface area contributed by atoms with Gasteiger partial charge >= 0.3 is 5.97 Å². The molecular weight excluding hydrogens is 332 g/mol. The average Bonchev–Trinajstić information content (AvgIpc) is 2.66. The molecule has 0 saturated heterocycles. The average molecular weight is 352 g/mol. The summed E-state index contributed by atoms with van der Waals surface area (Å²) in [5.41, 5.74) is 2.86. The van der Waals surface area contributed by atoms with E-state index in [-0.39, 0.29) is 11.9 Å². The number of nitrogens with zero attached hydrogens (tertiary/aromatic N) is 1. The molecule has 2 aromatic carbocycles. The lowest BCUT2D eigenvalue weighted by Crippen LogP contribution is -2.11. The first-order valence-electron chi connectivity index (χ1n) is 8.05. The molecule has 26 heavy (non-hydrogen) atoms.